The van der Waals surface area contributed by atoms with Crippen LogP contribution in [0.4, 0.5) is 15.8 Å². The van der Waals surface area contributed by atoms with Crippen molar-refractivity contribution < 1.29 is 9.31 Å². The Bertz CT molecular complexity index is 1020. The Morgan fingerprint density at radius 2 is 1.74 bits per heavy atom. The highest BCUT2D eigenvalue weighted by molar-refractivity contribution is 7.07. The van der Waals surface area contributed by atoms with Gasteiger partial charge in [-0.05, 0) is 54.8 Å². The zero-order valence-corrected chi connectivity index (χ0v) is 15.4. The van der Waals surface area contributed by atoms with Crippen molar-refractivity contribution in [1.29, 1.82) is 0 Å². The lowest BCUT2D eigenvalue weighted by Crippen LogP contribution is -2.19. The highest BCUT2D eigenvalue weighted by atomic mass is 32.1. The largest absolute Gasteiger partial charge is 0.313 e. The molecule has 0 amide bonds. The monoisotopic (exact) mass is 383 g/mol. The molecule has 0 bridgehead atoms. The van der Waals surface area contributed by atoms with Crippen LogP contribution in [0.15, 0.2) is 58.9 Å². The van der Waals surface area contributed by atoms with Gasteiger partial charge >= 0.3 is 0 Å². The van der Waals surface area contributed by atoms with E-state index < -0.39 is 4.92 Å². The van der Waals surface area contributed by atoms with E-state index in [1.807, 2.05) is 5.38 Å². The van der Waals surface area contributed by atoms with E-state index >= 15 is 0 Å². The fourth-order valence-corrected chi connectivity index (χ4v) is 4.49. The summed E-state index contributed by atoms with van der Waals surface area (Å²) in [4.78, 5) is 16.1. The number of halogens is 1. The minimum atomic E-state index is -0.391. The minimum Gasteiger partial charge on any atom is -0.313 e. The fourth-order valence-electron chi connectivity index (χ4n) is 3.51. The average Bonchev–Trinajstić information content (AvgIpc) is 3.33. The summed E-state index contributed by atoms with van der Waals surface area (Å²) in [5.74, 6) is -0.282. The van der Waals surface area contributed by atoms with E-state index in [0.717, 1.165) is 28.9 Å². The Morgan fingerprint density at radius 1 is 1.07 bits per heavy atom. The topological polar surface area (TPSA) is 60.4 Å². The molecule has 1 saturated carbocycles. The van der Waals surface area contributed by atoms with Gasteiger partial charge in [0.1, 0.15) is 5.82 Å². The predicted octanol–water partition coefficient (Wildman–Crippen LogP) is 5.61. The third kappa shape index (κ3) is 3.68. The van der Waals surface area contributed by atoms with Gasteiger partial charge in [0.05, 0.1) is 16.3 Å². The number of thiazole rings is 1. The first-order valence-electron chi connectivity index (χ1n) is 8.87. The molecule has 0 N–H and O–H groups in total. The molecule has 0 saturated heterocycles. The van der Waals surface area contributed by atoms with Crippen molar-refractivity contribution in [2.24, 2.45) is 4.99 Å². The molecule has 3 aromatic rings. The zero-order valence-electron chi connectivity index (χ0n) is 14.5. The number of hydrogen-bond donors (Lipinski definition) is 0. The van der Waals surface area contributed by atoms with Crippen LogP contribution in [0.3, 0.4) is 0 Å². The molecule has 138 valence electrons. The Hall–Kier alpha value is -2.80. The molecule has 5 nitrogen and oxygen atoms in total. The van der Waals surface area contributed by atoms with Crippen LogP contribution in [0.2, 0.25) is 0 Å². The molecule has 0 unspecified atom stereocenters. The fraction of sp³-hybridized carbons (Fsp3) is 0.250. The second-order valence-electron chi connectivity index (χ2n) is 6.60. The third-order valence-corrected chi connectivity index (χ3v) is 5.70. The third-order valence-electron chi connectivity index (χ3n) is 4.86. The maximum atomic E-state index is 13.2. The second kappa shape index (κ2) is 7.44. The highest BCUT2D eigenvalue weighted by Crippen LogP contribution is 2.34. The summed E-state index contributed by atoms with van der Waals surface area (Å²) in [6.45, 7) is 0. The smallest absolute Gasteiger partial charge is 0.269 e. The van der Waals surface area contributed by atoms with E-state index in [9.17, 15) is 14.5 Å². The predicted molar refractivity (Wildman–Crippen MR) is 104 cm³/mol. The van der Waals surface area contributed by atoms with Gasteiger partial charge in [-0.1, -0.05) is 12.8 Å². The summed E-state index contributed by atoms with van der Waals surface area (Å²) in [7, 11) is 0. The Balaban J connectivity index is 1.81. The number of non-ortho nitro benzene ring substituents is 1. The van der Waals surface area contributed by atoms with Gasteiger partial charge in [0, 0.05) is 23.6 Å². The van der Waals surface area contributed by atoms with Crippen molar-refractivity contribution in [2.75, 3.05) is 0 Å². The number of nitro benzene ring substituents is 1. The van der Waals surface area contributed by atoms with Crippen LogP contribution < -0.4 is 4.80 Å². The van der Waals surface area contributed by atoms with Gasteiger partial charge in [-0.15, -0.1) is 11.3 Å². The Morgan fingerprint density at radius 3 is 2.37 bits per heavy atom. The molecule has 1 fully saturated rings. The molecule has 0 aliphatic heterocycles. The minimum absolute atomic E-state index is 0.0811. The van der Waals surface area contributed by atoms with E-state index in [-0.39, 0.29) is 11.5 Å². The molecule has 0 atom stereocenters. The van der Waals surface area contributed by atoms with E-state index in [2.05, 4.69) is 4.57 Å². The van der Waals surface area contributed by atoms with Gasteiger partial charge in [-0.25, -0.2) is 9.38 Å². The lowest BCUT2D eigenvalue weighted by Gasteiger charge is -2.16. The maximum Gasteiger partial charge on any atom is 0.269 e. The number of benzene rings is 2. The number of nitro groups is 1. The first-order chi connectivity index (χ1) is 13.1. The number of aromatic nitrogens is 1. The van der Waals surface area contributed by atoms with Crippen molar-refractivity contribution >= 4 is 22.7 Å². The molecule has 0 radical (unpaired) electrons. The SMILES string of the molecule is O=[N+]([O-])c1ccc(-c2csc(=Nc3ccc(F)cc3)n2C2CCCC2)cc1. The normalized spacial score (nSPS) is 15.4. The van der Waals surface area contributed by atoms with Crippen molar-refractivity contribution in [2.45, 2.75) is 31.7 Å². The van der Waals surface area contributed by atoms with E-state index in [1.165, 1.54) is 48.4 Å². The van der Waals surface area contributed by atoms with Gasteiger partial charge in [0.15, 0.2) is 4.80 Å². The summed E-state index contributed by atoms with van der Waals surface area (Å²) in [6.07, 6.45) is 4.55. The van der Waals surface area contributed by atoms with Crippen molar-refractivity contribution in [3.05, 3.63) is 74.6 Å². The van der Waals surface area contributed by atoms with Gasteiger partial charge < -0.3 is 4.57 Å². The Kier molecular flexibility index (Phi) is 4.85. The van der Waals surface area contributed by atoms with Gasteiger partial charge in [-0.3, -0.25) is 10.1 Å². The van der Waals surface area contributed by atoms with Crippen molar-refractivity contribution in [1.82, 2.24) is 4.57 Å². The molecular weight excluding hydrogens is 365 g/mol. The molecule has 0 spiro atoms. The lowest BCUT2D eigenvalue weighted by atomic mass is 10.1. The summed E-state index contributed by atoms with van der Waals surface area (Å²) in [5, 5.41) is 13.0. The van der Waals surface area contributed by atoms with Crippen LogP contribution in [-0.4, -0.2) is 9.49 Å². The van der Waals surface area contributed by atoms with Crippen LogP contribution in [0, 0.1) is 15.9 Å². The van der Waals surface area contributed by atoms with Crippen LogP contribution in [0.5, 0.6) is 0 Å². The van der Waals surface area contributed by atoms with E-state index in [1.54, 1.807) is 24.3 Å². The Labute approximate surface area is 159 Å². The first kappa shape index (κ1) is 17.6. The summed E-state index contributed by atoms with van der Waals surface area (Å²) in [6, 6.07) is 13.1. The quantitative estimate of drug-likeness (QED) is 0.434. The molecule has 1 aromatic heterocycles. The summed E-state index contributed by atoms with van der Waals surface area (Å²) >= 11 is 1.54. The molecule has 2 aromatic carbocycles. The zero-order chi connectivity index (χ0) is 18.8. The molecule has 1 aliphatic carbocycles. The maximum absolute atomic E-state index is 13.2. The lowest BCUT2D eigenvalue weighted by molar-refractivity contribution is -0.384. The number of rotatable bonds is 4. The molecule has 7 heteroatoms. The molecule has 4 rings (SSSR count). The van der Waals surface area contributed by atoms with Crippen molar-refractivity contribution in [3.8, 4) is 11.3 Å². The van der Waals surface area contributed by atoms with Crippen LogP contribution in [0.25, 0.3) is 11.3 Å². The van der Waals surface area contributed by atoms with Gasteiger partial charge in [-0.2, -0.15) is 0 Å². The second-order valence-corrected chi connectivity index (χ2v) is 7.44. The molecule has 27 heavy (non-hydrogen) atoms. The summed E-state index contributed by atoms with van der Waals surface area (Å²) < 4.78 is 15.4. The van der Waals surface area contributed by atoms with Crippen LogP contribution in [-0.2, 0) is 0 Å². The molecule has 1 heterocycles. The number of hydrogen-bond acceptors (Lipinski definition) is 4. The average molecular weight is 383 g/mol. The van der Waals surface area contributed by atoms with Crippen LogP contribution in [0.1, 0.15) is 31.7 Å². The van der Waals surface area contributed by atoms with Gasteiger partial charge in [0.2, 0.25) is 0 Å². The highest BCUT2D eigenvalue weighted by Gasteiger charge is 2.22. The summed E-state index contributed by atoms with van der Waals surface area (Å²) in [5.41, 5.74) is 2.74. The molecular formula is C20H18FN3O2S. The van der Waals surface area contributed by atoms with E-state index in [0.29, 0.717) is 11.7 Å². The van der Waals surface area contributed by atoms with Crippen LogP contribution >= 0.6 is 11.3 Å². The van der Waals surface area contributed by atoms with Crippen molar-refractivity contribution in [3.63, 3.8) is 0 Å². The number of nitrogens with zero attached hydrogens (tertiary/aromatic N) is 3. The van der Waals surface area contributed by atoms with Gasteiger partial charge in [0.25, 0.3) is 5.69 Å². The first-order valence-corrected chi connectivity index (χ1v) is 9.75. The molecule has 1 aliphatic rings. The van der Waals surface area contributed by atoms with E-state index in [4.69, 9.17) is 4.99 Å². The standard InChI is InChI=1S/C20H18FN3O2S/c21-15-7-9-16(10-8-15)22-20-23(17-3-1-2-4-17)19(13-27-20)14-5-11-18(12-6-14)24(25)26/h5-13,17H,1-4H2.